The summed E-state index contributed by atoms with van der Waals surface area (Å²) in [6.07, 6.45) is -0.388. The fraction of sp³-hybridized carbons (Fsp3) is 0.389. The Balaban J connectivity index is 2.09. The number of rotatable bonds is 5. The van der Waals surface area contributed by atoms with Gasteiger partial charge in [0, 0.05) is 5.69 Å². The second kappa shape index (κ2) is 7.29. The van der Waals surface area contributed by atoms with Crippen molar-refractivity contribution in [2.75, 3.05) is 5.32 Å². The molecule has 0 spiro atoms. The molecule has 24 heavy (non-hydrogen) atoms. The van der Waals surface area contributed by atoms with Crippen LogP contribution in [0.2, 0.25) is 0 Å². The van der Waals surface area contributed by atoms with Crippen LogP contribution in [0.15, 0.2) is 22.7 Å². The standard InChI is InChI=1S/C18H22N2O4/c1-6-14-15(12(4)24-20-14)18(22)23-13(5)17(21)19-16-10(2)8-7-9-11(16)3/h7-9,13H,6H2,1-5H3,(H,19,21). The van der Waals surface area contributed by atoms with Gasteiger partial charge in [0.2, 0.25) is 0 Å². The van der Waals surface area contributed by atoms with Gasteiger partial charge < -0.3 is 14.6 Å². The van der Waals surface area contributed by atoms with Crippen LogP contribution in [0.1, 0.15) is 46.8 Å². The highest BCUT2D eigenvalue weighted by Gasteiger charge is 2.25. The van der Waals surface area contributed by atoms with Gasteiger partial charge in [-0.25, -0.2) is 4.79 Å². The summed E-state index contributed by atoms with van der Waals surface area (Å²) in [6.45, 7) is 8.87. The number of aromatic nitrogens is 1. The SMILES string of the molecule is CCc1noc(C)c1C(=O)OC(C)C(=O)Nc1c(C)cccc1C. The smallest absolute Gasteiger partial charge is 0.344 e. The lowest BCUT2D eigenvalue weighted by molar-refractivity contribution is -0.123. The van der Waals surface area contributed by atoms with Crippen LogP contribution in [-0.2, 0) is 16.0 Å². The van der Waals surface area contributed by atoms with Gasteiger partial charge in [0.05, 0.1) is 5.69 Å². The molecule has 0 bridgehead atoms. The van der Waals surface area contributed by atoms with Crippen molar-refractivity contribution in [1.82, 2.24) is 5.16 Å². The molecule has 1 aromatic heterocycles. The van der Waals surface area contributed by atoms with Crippen LogP contribution in [0.3, 0.4) is 0 Å². The van der Waals surface area contributed by atoms with Gasteiger partial charge in [-0.05, 0) is 45.2 Å². The molecule has 0 aliphatic rings. The minimum atomic E-state index is -0.935. The molecule has 2 aromatic rings. The number of hydrogen-bond acceptors (Lipinski definition) is 5. The number of anilines is 1. The number of nitrogens with one attached hydrogen (secondary N) is 1. The minimum absolute atomic E-state index is 0.296. The van der Waals surface area contributed by atoms with Gasteiger partial charge in [-0.3, -0.25) is 4.79 Å². The normalized spacial score (nSPS) is 11.9. The summed E-state index contributed by atoms with van der Waals surface area (Å²) in [5.74, 6) is -0.595. The van der Waals surface area contributed by atoms with Gasteiger partial charge in [-0.2, -0.15) is 0 Å². The maximum absolute atomic E-state index is 12.3. The Bertz CT molecular complexity index is 744. The third kappa shape index (κ3) is 3.64. The van der Waals surface area contributed by atoms with Crippen molar-refractivity contribution in [3.63, 3.8) is 0 Å². The molecule has 128 valence electrons. The maximum Gasteiger partial charge on any atom is 0.344 e. The van der Waals surface area contributed by atoms with E-state index in [1.807, 2.05) is 39.0 Å². The third-order valence-electron chi connectivity index (χ3n) is 3.85. The van der Waals surface area contributed by atoms with E-state index in [0.29, 0.717) is 23.4 Å². The quantitative estimate of drug-likeness (QED) is 0.850. The number of ether oxygens (including phenoxy) is 1. The van der Waals surface area contributed by atoms with Gasteiger partial charge in [-0.1, -0.05) is 30.3 Å². The Labute approximate surface area is 141 Å². The number of aryl methyl sites for hydroxylation is 4. The fourth-order valence-corrected chi connectivity index (χ4v) is 2.43. The number of amides is 1. The number of para-hydroxylation sites is 1. The monoisotopic (exact) mass is 330 g/mol. The molecule has 0 saturated carbocycles. The van der Waals surface area contributed by atoms with Crippen molar-refractivity contribution in [2.24, 2.45) is 0 Å². The van der Waals surface area contributed by atoms with Crippen molar-refractivity contribution in [3.8, 4) is 0 Å². The second-order valence-electron chi connectivity index (χ2n) is 5.72. The zero-order chi connectivity index (χ0) is 17.9. The van der Waals surface area contributed by atoms with Crippen molar-refractivity contribution in [1.29, 1.82) is 0 Å². The highest BCUT2D eigenvalue weighted by molar-refractivity contribution is 5.98. The number of esters is 1. The first-order valence-electron chi connectivity index (χ1n) is 7.88. The summed E-state index contributed by atoms with van der Waals surface area (Å²) in [5, 5.41) is 6.64. The van der Waals surface area contributed by atoms with Crippen LogP contribution in [-0.4, -0.2) is 23.1 Å². The van der Waals surface area contributed by atoms with Crippen molar-refractivity contribution < 1.29 is 18.8 Å². The number of nitrogens with zero attached hydrogens (tertiary/aromatic N) is 1. The van der Waals surface area contributed by atoms with Crippen LogP contribution >= 0.6 is 0 Å². The molecule has 2 rings (SSSR count). The van der Waals surface area contributed by atoms with Crippen molar-refractivity contribution >= 4 is 17.6 Å². The lowest BCUT2D eigenvalue weighted by Gasteiger charge is -2.16. The van der Waals surface area contributed by atoms with Gasteiger partial charge in [0.1, 0.15) is 11.3 Å². The van der Waals surface area contributed by atoms with Gasteiger partial charge in [0.15, 0.2) is 6.10 Å². The van der Waals surface area contributed by atoms with E-state index in [-0.39, 0.29) is 5.91 Å². The molecule has 0 aliphatic carbocycles. The number of hydrogen-bond donors (Lipinski definition) is 1. The van der Waals surface area contributed by atoms with Gasteiger partial charge in [-0.15, -0.1) is 0 Å². The molecule has 6 heteroatoms. The van der Waals surface area contributed by atoms with E-state index in [4.69, 9.17) is 9.26 Å². The maximum atomic E-state index is 12.3. The van der Waals surface area contributed by atoms with E-state index in [1.54, 1.807) is 6.92 Å². The molecule has 1 aromatic carbocycles. The molecular weight excluding hydrogens is 308 g/mol. The summed E-state index contributed by atoms with van der Waals surface area (Å²) >= 11 is 0. The molecular formula is C18H22N2O4. The summed E-state index contributed by atoms with van der Waals surface area (Å²) in [5.41, 5.74) is 3.46. The third-order valence-corrected chi connectivity index (χ3v) is 3.85. The van der Waals surface area contributed by atoms with Crippen LogP contribution in [0.4, 0.5) is 5.69 Å². The number of carbonyl (C=O) groups excluding carboxylic acids is 2. The number of benzene rings is 1. The van der Waals surface area contributed by atoms with Crippen molar-refractivity contribution in [2.45, 2.75) is 47.1 Å². The van der Waals surface area contributed by atoms with E-state index in [2.05, 4.69) is 10.5 Å². The molecule has 1 heterocycles. The average molecular weight is 330 g/mol. The molecule has 1 N–H and O–H groups in total. The van der Waals surface area contributed by atoms with E-state index in [1.165, 1.54) is 6.92 Å². The van der Waals surface area contributed by atoms with Gasteiger partial charge >= 0.3 is 5.97 Å². The Morgan fingerprint density at radius 2 is 1.88 bits per heavy atom. The zero-order valence-electron chi connectivity index (χ0n) is 14.6. The first-order chi connectivity index (χ1) is 11.3. The lowest BCUT2D eigenvalue weighted by Crippen LogP contribution is -2.30. The van der Waals surface area contributed by atoms with Crippen molar-refractivity contribution in [3.05, 3.63) is 46.3 Å². The molecule has 1 atom stereocenters. The fourth-order valence-electron chi connectivity index (χ4n) is 2.43. The molecule has 0 aliphatic heterocycles. The Morgan fingerprint density at radius 3 is 2.46 bits per heavy atom. The first kappa shape index (κ1) is 17.7. The van der Waals surface area contributed by atoms with E-state index in [0.717, 1.165) is 16.8 Å². The van der Waals surface area contributed by atoms with E-state index >= 15 is 0 Å². The molecule has 0 saturated heterocycles. The highest BCUT2D eigenvalue weighted by Crippen LogP contribution is 2.20. The van der Waals surface area contributed by atoms with Crippen LogP contribution in [0.25, 0.3) is 0 Å². The first-order valence-corrected chi connectivity index (χ1v) is 7.88. The largest absolute Gasteiger partial charge is 0.449 e. The molecule has 0 radical (unpaired) electrons. The minimum Gasteiger partial charge on any atom is -0.449 e. The summed E-state index contributed by atoms with van der Waals surface area (Å²) in [7, 11) is 0. The van der Waals surface area contributed by atoms with Gasteiger partial charge in [0.25, 0.3) is 5.91 Å². The second-order valence-corrected chi connectivity index (χ2v) is 5.72. The highest BCUT2D eigenvalue weighted by atomic mass is 16.5. The molecule has 6 nitrogen and oxygen atoms in total. The molecule has 1 amide bonds. The topological polar surface area (TPSA) is 81.4 Å². The Kier molecular flexibility index (Phi) is 5.39. The average Bonchev–Trinajstić information content (AvgIpc) is 2.91. The summed E-state index contributed by atoms with van der Waals surface area (Å²) < 4.78 is 10.3. The van der Waals surface area contributed by atoms with E-state index < -0.39 is 12.1 Å². The zero-order valence-corrected chi connectivity index (χ0v) is 14.6. The lowest BCUT2D eigenvalue weighted by atomic mass is 10.1. The summed E-state index contributed by atoms with van der Waals surface area (Å²) in [4.78, 5) is 24.6. The van der Waals surface area contributed by atoms with Crippen LogP contribution in [0, 0.1) is 20.8 Å². The predicted molar refractivity (Wildman–Crippen MR) is 90.0 cm³/mol. The molecule has 0 fully saturated rings. The molecule has 1 unspecified atom stereocenters. The number of carbonyl (C=O) groups is 2. The predicted octanol–water partition coefficient (Wildman–Crippen LogP) is 3.35. The Morgan fingerprint density at radius 1 is 1.25 bits per heavy atom. The van der Waals surface area contributed by atoms with E-state index in [9.17, 15) is 9.59 Å². The Hall–Kier alpha value is -2.63. The van der Waals surface area contributed by atoms with Crippen LogP contribution in [0.5, 0.6) is 0 Å². The van der Waals surface area contributed by atoms with Crippen LogP contribution < -0.4 is 5.32 Å². The summed E-state index contributed by atoms with van der Waals surface area (Å²) in [6, 6.07) is 5.74.